The normalized spacial score (nSPS) is 15.5. The molecule has 0 atom stereocenters. The lowest BCUT2D eigenvalue weighted by molar-refractivity contribution is 0.266. The Morgan fingerprint density at radius 1 is 1.42 bits per heavy atom. The lowest BCUT2D eigenvalue weighted by atomic mass is 9.85. The average molecular weight is 280 g/mol. The van der Waals surface area contributed by atoms with E-state index in [4.69, 9.17) is 17.3 Å². The van der Waals surface area contributed by atoms with Gasteiger partial charge >= 0.3 is 0 Å². The summed E-state index contributed by atoms with van der Waals surface area (Å²) < 4.78 is 15.8. The molecular weight excluding hydrogens is 265 g/mol. The second-order valence-corrected chi connectivity index (χ2v) is 5.51. The van der Waals surface area contributed by atoms with Gasteiger partial charge in [-0.05, 0) is 30.9 Å². The minimum atomic E-state index is -0.373. The highest BCUT2D eigenvalue weighted by Gasteiger charge is 2.18. The number of rotatable bonds is 3. The topological polar surface area (TPSA) is 43.8 Å². The predicted octanol–water partition coefficient (Wildman–Crippen LogP) is 3.72. The number of nitrogens with zero attached hydrogens (tertiary/aromatic N) is 2. The van der Waals surface area contributed by atoms with Gasteiger partial charge in [0.1, 0.15) is 5.82 Å². The van der Waals surface area contributed by atoms with Crippen LogP contribution in [0.2, 0.25) is 5.02 Å². The fourth-order valence-corrected chi connectivity index (χ4v) is 2.48. The summed E-state index contributed by atoms with van der Waals surface area (Å²) in [6, 6.07) is 2.80. The van der Waals surface area contributed by atoms with Crippen molar-refractivity contribution in [1.82, 2.24) is 9.78 Å². The quantitative estimate of drug-likeness (QED) is 0.870. The molecule has 1 aromatic heterocycles. The van der Waals surface area contributed by atoms with E-state index in [9.17, 15) is 4.39 Å². The van der Waals surface area contributed by atoms with E-state index < -0.39 is 0 Å². The van der Waals surface area contributed by atoms with Crippen molar-refractivity contribution in [2.45, 2.75) is 25.8 Å². The van der Waals surface area contributed by atoms with Gasteiger partial charge in [-0.3, -0.25) is 4.68 Å². The molecule has 100 valence electrons. The summed E-state index contributed by atoms with van der Waals surface area (Å²) >= 11 is 5.79. The Labute approximate surface area is 116 Å². The minimum Gasteiger partial charge on any atom is -0.398 e. The van der Waals surface area contributed by atoms with Crippen molar-refractivity contribution in [3.8, 4) is 11.1 Å². The standard InChI is InChI=1S/C14H15ClFN3/c15-12-5-13(16)11(4-14(12)17)10-6-18-19(8-10)7-9-2-1-3-9/h4-6,8-9H,1-3,7,17H2. The molecule has 1 aromatic carbocycles. The fraction of sp³-hybridized carbons (Fsp3) is 0.357. The van der Waals surface area contributed by atoms with Gasteiger partial charge in [0.15, 0.2) is 0 Å². The maximum Gasteiger partial charge on any atom is 0.132 e. The summed E-state index contributed by atoms with van der Waals surface area (Å²) in [6.07, 6.45) is 7.37. The van der Waals surface area contributed by atoms with E-state index >= 15 is 0 Å². The van der Waals surface area contributed by atoms with E-state index in [-0.39, 0.29) is 10.8 Å². The second kappa shape index (κ2) is 4.85. The number of anilines is 1. The van der Waals surface area contributed by atoms with Crippen LogP contribution in [0.25, 0.3) is 11.1 Å². The highest BCUT2D eigenvalue weighted by atomic mass is 35.5. The van der Waals surface area contributed by atoms with Gasteiger partial charge in [-0.15, -0.1) is 0 Å². The monoisotopic (exact) mass is 279 g/mol. The van der Waals surface area contributed by atoms with Gasteiger partial charge in [-0.1, -0.05) is 18.0 Å². The maximum absolute atomic E-state index is 13.9. The molecule has 1 fully saturated rings. The van der Waals surface area contributed by atoms with Gasteiger partial charge in [0.05, 0.1) is 16.9 Å². The van der Waals surface area contributed by atoms with E-state index in [0.29, 0.717) is 17.2 Å². The average Bonchev–Trinajstić information content (AvgIpc) is 2.77. The molecule has 1 aliphatic carbocycles. The van der Waals surface area contributed by atoms with E-state index in [1.165, 1.54) is 25.3 Å². The molecule has 2 N–H and O–H groups in total. The highest BCUT2D eigenvalue weighted by molar-refractivity contribution is 6.33. The second-order valence-electron chi connectivity index (χ2n) is 5.10. The van der Waals surface area contributed by atoms with Crippen molar-refractivity contribution < 1.29 is 4.39 Å². The van der Waals surface area contributed by atoms with Crippen LogP contribution in [-0.2, 0) is 6.54 Å². The zero-order chi connectivity index (χ0) is 13.4. The van der Waals surface area contributed by atoms with Crippen LogP contribution < -0.4 is 5.73 Å². The zero-order valence-electron chi connectivity index (χ0n) is 10.4. The van der Waals surface area contributed by atoms with Gasteiger partial charge in [0.25, 0.3) is 0 Å². The Hall–Kier alpha value is -1.55. The highest BCUT2D eigenvalue weighted by Crippen LogP contribution is 2.31. The van der Waals surface area contributed by atoms with Crippen molar-refractivity contribution in [1.29, 1.82) is 0 Å². The summed E-state index contributed by atoms with van der Waals surface area (Å²) in [5.41, 5.74) is 7.28. The summed E-state index contributed by atoms with van der Waals surface area (Å²) in [4.78, 5) is 0. The van der Waals surface area contributed by atoms with Gasteiger partial charge < -0.3 is 5.73 Å². The first-order valence-electron chi connectivity index (χ1n) is 6.41. The SMILES string of the molecule is Nc1cc(-c2cnn(CC3CCC3)c2)c(F)cc1Cl. The Balaban J connectivity index is 1.87. The zero-order valence-corrected chi connectivity index (χ0v) is 11.2. The van der Waals surface area contributed by atoms with Crippen LogP contribution in [-0.4, -0.2) is 9.78 Å². The third kappa shape index (κ3) is 2.45. The first kappa shape index (κ1) is 12.5. The molecule has 19 heavy (non-hydrogen) atoms. The number of nitrogens with two attached hydrogens (primary N) is 1. The van der Waals surface area contributed by atoms with Crippen LogP contribution >= 0.6 is 11.6 Å². The van der Waals surface area contributed by atoms with E-state index in [1.54, 1.807) is 12.3 Å². The molecule has 0 amide bonds. The molecule has 0 saturated heterocycles. The first-order chi connectivity index (χ1) is 9.13. The third-order valence-electron chi connectivity index (χ3n) is 3.70. The Morgan fingerprint density at radius 3 is 2.89 bits per heavy atom. The molecule has 3 nitrogen and oxygen atoms in total. The molecule has 3 rings (SSSR count). The van der Waals surface area contributed by atoms with Gasteiger partial charge in [0.2, 0.25) is 0 Å². The number of nitrogen functional groups attached to an aromatic ring is 1. The van der Waals surface area contributed by atoms with Crippen molar-refractivity contribution >= 4 is 17.3 Å². The number of benzene rings is 1. The van der Waals surface area contributed by atoms with Gasteiger partial charge in [-0.25, -0.2) is 4.39 Å². The predicted molar refractivity (Wildman–Crippen MR) is 74.4 cm³/mol. The lowest BCUT2D eigenvalue weighted by Gasteiger charge is -2.24. The third-order valence-corrected chi connectivity index (χ3v) is 4.03. The Morgan fingerprint density at radius 2 is 2.21 bits per heavy atom. The van der Waals surface area contributed by atoms with Crippen LogP contribution in [0, 0.1) is 11.7 Å². The fourth-order valence-electron chi connectivity index (χ4n) is 2.33. The Kier molecular flexibility index (Phi) is 3.19. The molecule has 2 aromatic rings. The summed E-state index contributed by atoms with van der Waals surface area (Å²) in [6.45, 7) is 0.907. The molecule has 0 aliphatic heterocycles. The Bertz CT molecular complexity index is 605. The molecular formula is C14H15ClFN3. The number of aromatic nitrogens is 2. The summed E-state index contributed by atoms with van der Waals surface area (Å²) in [5, 5.41) is 4.52. The molecule has 0 bridgehead atoms. The van der Waals surface area contributed by atoms with Gasteiger partial charge in [0, 0.05) is 23.9 Å². The van der Waals surface area contributed by atoms with Crippen molar-refractivity contribution in [2.75, 3.05) is 5.73 Å². The summed E-state index contributed by atoms with van der Waals surface area (Å²) in [7, 11) is 0. The van der Waals surface area contributed by atoms with Crippen molar-refractivity contribution in [3.05, 3.63) is 35.4 Å². The molecule has 5 heteroatoms. The molecule has 1 saturated carbocycles. The smallest absolute Gasteiger partial charge is 0.132 e. The molecule has 0 radical (unpaired) electrons. The lowest BCUT2D eigenvalue weighted by Crippen LogP contribution is -2.18. The van der Waals surface area contributed by atoms with Crippen LogP contribution in [0.15, 0.2) is 24.5 Å². The first-order valence-corrected chi connectivity index (χ1v) is 6.78. The molecule has 1 heterocycles. The van der Waals surface area contributed by atoms with E-state index in [2.05, 4.69) is 5.10 Å². The summed E-state index contributed by atoms with van der Waals surface area (Å²) in [5.74, 6) is 0.343. The number of hydrogen-bond donors (Lipinski definition) is 1. The van der Waals surface area contributed by atoms with Crippen molar-refractivity contribution in [3.63, 3.8) is 0 Å². The number of hydrogen-bond acceptors (Lipinski definition) is 2. The number of halogens is 2. The van der Waals surface area contributed by atoms with Crippen LogP contribution in [0.5, 0.6) is 0 Å². The molecule has 0 spiro atoms. The maximum atomic E-state index is 13.9. The van der Waals surface area contributed by atoms with Crippen LogP contribution in [0.1, 0.15) is 19.3 Å². The van der Waals surface area contributed by atoms with Gasteiger partial charge in [-0.2, -0.15) is 5.10 Å². The van der Waals surface area contributed by atoms with Crippen LogP contribution in [0.3, 0.4) is 0 Å². The van der Waals surface area contributed by atoms with E-state index in [0.717, 1.165) is 12.1 Å². The van der Waals surface area contributed by atoms with E-state index in [1.807, 2.05) is 10.9 Å². The molecule has 0 unspecified atom stereocenters. The van der Waals surface area contributed by atoms with Crippen LogP contribution in [0.4, 0.5) is 10.1 Å². The largest absolute Gasteiger partial charge is 0.398 e. The van der Waals surface area contributed by atoms with Crippen molar-refractivity contribution in [2.24, 2.45) is 5.92 Å². The minimum absolute atomic E-state index is 0.239. The molecule has 1 aliphatic rings.